The first-order chi connectivity index (χ1) is 8.85. The highest BCUT2D eigenvalue weighted by Gasteiger charge is 2.05. The molecule has 0 radical (unpaired) electrons. The van der Waals surface area contributed by atoms with Crippen molar-refractivity contribution in [3.05, 3.63) is 0 Å². The van der Waals surface area contributed by atoms with Crippen LogP contribution in [0.5, 0.6) is 0 Å². The molecule has 0 aromatic rings. The zero-order valence-corrected chi connectivity index (χ0v) is 12.3. The van der Waals surface area contributed by atoms with Crippen LogP contribution in [0.2, 0.25) is 0 Å². The predicted octanol–water partition coefficient (Wildman–Crippen LogP) is 3.40. The number of hydrogen-bond acceptors (Lipinski definition) is 3. The minimum absolute atomic E-state index is 0.0929. The van der Waals surface area contributed by atoms with E-state index in [0.29, 0.717) is 19.8 Å². The van der Waals surface area contributed by atoms with Gasteiger partial charge in [-0.3, -0.25) is 0 Å². The summed E-state index contributed by atoms with van der Waals surface area (Å²) in [6.45, 7) is 7.11. The van der Waals surface area contributed by atoms with Gasteiger partial charge in [-0.05, 0) is 12.3 Å². The second-order valence-corrected chi connectivity index (χ2v) is 4.86. The largest absolute Gasteiger partial charge is 0.394 e. The lowest BCUT2D eigenvalue weighted by molar-refractivity contribution is 0.0290. The molecule has 0 aromatic carbocycles. The molecule has 1 atom stereocenters. The minimum Gasteiger partial charge on any atom is -0.394 e. The summed E-state index contributed by atoms with van der Waals surface area (Å²) in [5, 5.41) is 8.53. The van der Waals surface area contributed by atoms with E-state index in [-0.39, 0.29) is 6.61 Å². The molecule has 1 N–H and O–H groups in total. The van der Waals surface area contributed by atoms with Crippen LogP contribution >= 0.6 is 0 Å². The van der Waals surface area contributed by atoms with E-state index in [2.05, 4.69) is 13.8 Å². The molecule has 0 aromatic heterocycles. The van der Waals surface area contributed by atoms with Gasteiger partial charge in [-0.1, -0.05) is 52.4 Å². The summed E-state index contributed by atoms with van der Waals surface area (Å²) >= 11 is 0. The predicted molar refractivity (Wildman–Crippen MR) is 75.9 cm³/mol. The molecule has 0 heterocycles. The molecule has 0 saturated heterocycles. The second kappa shape index (κ2) is 14.9. The van der Waals surface area contributed by atoms with E-state index in [1.165, 1.54) is 44.9 Å². The van der Waals surface area contributed by atoms with E-state index < -0.39 is 0 Å². The number of aliphatic hydroxyl groups excluding tert-OH is 1. The molecule has 0 saturated carbocycles. The van der Waals surface area contributed by atoms with Gasteiger partial charge in [-0.2, -0.15) is 0 Å². The van der Waals surface area contributed by atoms with E-state index in [9.17, 15) is 0 Å². The third kappa shape index (κ3) is 12.3. The van der Waals surface area contributed by atoms with Gasteiger partial charge in [0, 0.05) is 6.61 Å². The Bertz CT molecular complexity index is 151. The van der Waals surface area contributed by atoms with Crippen molar-refractivity contribution in [2.75, 3.05) is 33.0 Å². The van der Waals surface area contributed by atoms with E-state index in [1.807, 2.05) is 0 Å². The Morgan fingerprint density at radius 2 is 1.56 bits per heavy atom. The second-order valence-electron chi connectivity index (χ2n) is 4.86. The van der Waals surface area contributed by atoms with Crippen molar-refractivity contribution in [1.82, 2.24) is 0 Å². The van der Waals surface area contributed by atoms with Crippen molar-refractivity contribution in [2.45, 2.75) is 58.8 Å². The van der Waals surface area contributed by atoms with Crippen LogP contribution in [0.1, 0.15) is 58.8 Å². The Kier molecular flexibility index (Phi) is 14.8. The van der Waals surface area contributed by atoms with Gasteiger partial charge < -0.3 is 14.6 Å². The van der Waals surface area contributed by atoms with Crippen molar-refractivity contribution >= 4 is 0 Å². The van der Waals surface area contributed by atoms with Gasteiger partial charge in [-0.15, -0.1) is 0 Å². The number of ether oxygens (including phenoxy) is 2. The molecule has 0 fully saturated rings. The van der Waals surface area contributed by atoms with Crippen LogP contribution in [-0.2, 0) is 9.47 Å². The fourth-order valence-corrected chi connectivity index (χ4v) is 2.05. The molecule has 0 spiro atoms. The van der Waals surface area contributed by atoms with Gasteiger partial charge in [0.05, 0.1) is 26.4 Å². The molecule has 0 rings (SSSR count). The first-order valence-electron chi connectivity index (χ1n) is 7.61. The molecule has 3 nitrogen and oxygen atoms in total. The molecule has 1 unspecified atom stereocenters. The molecule has 0 aliphatic rings. The average molecular weight is 260 g/mol. The van der Waals surface area contributed by atoms with Crippen LogP contribution < -0.4 is 0 Å². The summed E-state index contributed by atoms with van der Waals surface area (Å²) in [6, 6.07) is 0. The van der Waals surface area contributed by atoms with E-state index in [4.69, 9.17) is 14.6 Å². The summed E-state index contributed by atoms with van der Waals surface area (Å²) in [6.07, 6.45) is 9.21. The van der Waals surface area contributed by atoms with Crippen LogP contribution in [0.3, 0.4) is 0 Å². The quantitative estimate of drug-likeness (QED) is 0.486. The fraction of sp³-hybridized carbons (Fsp3) is 1.00. The van der Waals surface area contributed by atoms with Crippen LogP contribution in [-0.4, -0.2) is 38.1 Å². The standard InChI is InChI=1S/C15H32O3/c1-3-5-6-7-8-15(4-2)9-11-17-13-14-18-12-10-16/h15-16H,3-14H2,1-2H3. The first kappa shape index (κ1) is 17.9. The summed E-state index contributed by atoms with van der Waals surface area (Å²) in [5.74, 6) is 0.820. The highest BCUT2D eigenvalue weighted by atomic mass is 16.5. The maximum absolute atomic E-state index is 8.53. The lowest BCUT2D eigenvalue weighted by atomic mass is 9.95. The maximum Gasteiger partial charge on any atom is 0.0701 e. The van der Waals surface area contributed by atoms with Gasteiger partial charge in [0.1, 0.15) is 0 Å². The van der Waals surface area contributed by atoms with Crippen molar-refractivity contribution in [1.29, 1.82) is 0 Å². The molecule has 0 aliphatic heterocycles. The Balaban J connectivity index is 3.27. The highest BCUT2D eigenvalue weighted by molar-refractivity contribution is 4.57. The molecule has 3 heteroatoms. The number of hydrogen-bond donors (Lipinski definition) is 1. The van der Waals surface area contributed by atoms with Crippen LogP contribution in [0.4, 0.5) is 0 Å². The SMILES string of the molecule is CCCCCCC(CC)CCOCCOCCO. The first-order valence-corrected chi connectivity index (χ1v) is 7.61. The highest BCUT2D eigenvalue weighted by Crippen LogP contribution is 2.17. The Morgan fingerprint density at radius 3 is 2.17 bits per heavy atom. The van der Waals surface area contributed by atoms with E-state index in [1.54, 1.807) is 0 Å². The average Bonchev–Trinajstić information content (AvgIpc) is 2.40. The van der Waals surface area contributed by atoms with Crippen LogP contribution in [0, 0.1) is 5.92 Å². The maximum atomic E-state index is 8.53. The fourth-order valence-electron chi connectivity index (χ4n) is 2.05. The van der Waals surface area contributed by atoms with Gasteiger partial charge in [0.25, 0.3) is 0 Å². The number of rotatable bonds is 14. The van der Waals surface area contributed by atoms with E-state index >= 15 is 0 Å². The zero-order chi connectivity index (χ0) is 13.5. The molecule has 110 valence electrons. The molecular weight excluding hydrogens is 228 g/mol. The third-order valence-electron chi connectivity index (χ3n) is 3.32. The summed E-state index contributed by atoms with van der Waals surface area (Å²) in [5.41, 5.74) is 0. The summed E-state index contributed by atoms with van der Waals surface area (Å²) in [4.78, 5) is 0. The number of unbranched alkanes of at least 4 members (excludes halogenated alkanes) is 3. The Morgan fingerprint density at radius 1 is 0.833 bits per heavy atom. The molecular formula is C15H32O3. The smallest absolute Gasteiger partial charge is 0.0701 e. The minimum atomic E-state index is 0.0929. The van der Waals surface area contributed by atoms with Crippen LogP contribution in [0.15, 0.2) is 0 Å². The molecule has 0 bridgehead atoms. The Hall–Kier alpha value is -0.120. The third-order valence-corrected chi connectivity index (χ3v) is 3.32. The van der Waals surface area contributed by atoms with Crippen molar-refractivity contribution in [3.63, 3.8) is 0 Å². The van der Waals surface area contributed by atoms with Gasteiger partial charge in [-0.25, -0.2) is 0 Å². The van der Waals surface area contributed by atoms with E-state index in [0.717, 1.165) is 12.5 Å². The summed E-state index contributed by atoms with van der Waals surface area (Å²) in [7, 11) is 0. The topological polar surface area (TPSA) is 38.7 Å². The summed E-state index contributed by atoms with van der Waals surface area (Å²) < 4.78 is 10.7. The molecule has 18 heavy (non-hydrogen) atoms. The van der Waals surface area contributed by atoms with Crippen molar-refractivity contribution < 1.29 is 14.6 Å². The van der Waals surface area contributed by atoms with Gasteiger partial charge in [0.2, 0.25) is 0 Å². The van der Waals surface area contributed by atoms with Crippen molar-refractivity contribution in [3.8, 4) is 0 Å². The lowest BCUT2D eigenvalue weighted by Gasteiger charge is -2.14. The van der Waals surface area contributed by atoms with Crippen LogP contribution in [0.25, 0.3) is 0 Å². The van der Waals surface area contributed by atoms with Gasteiger partial charge in [0.15, 0.2) is 0 Å². The monoisotopic (exact) mass is 260 g/mol. The zero-order valence-electron chi connectivity index (χ0n) is 12.3. The van der Waals surface area contributed by atoms with Crippen molar-refractivity contribution in [2.24, 2.45) is 5.92 Å². The number of aliphatic hydroxyl groups is 1. The van der Waals surface area contributed by atoms with Gasteiger partial charge >= 0.3 is 0 Å². The normalized spacial score (nSPS) is 12.8. The Labute approximate surface area is 113 Å². The molecule has 0 amide bonds. The molecule has 0 aliphatic carbocycles. The lowest BCUT2D eigenvalue weighted by Crippen LogP contribution is -2.10.